The van der Waals surface area contributed by atoms with Crippen LogP contribution in [0.2, 0.25) is 0 Å². The molecule has 1 nitrogen and oxygen atoms in total. The smallest absolute Gasteiger partial charge is 0.399 e. The van der Waals surface area contributed by atoms with Gasteiger partial charge in [-0.3, -0.25) is 0 Å². The maximum atomic E-state index is 13.0. The summed E-state index contributed by atoms with van der Waals surface area (Å²) >= 11 is 0. The number of benzene rings is 1. The highest BCUT2D eigenvalue weighted by Crippen LogP contribution is 2.92. The number of fused-ring (bicyclic) bond motifs is 4. The second-order valence-electron chi connectivity index (χ2n) is 4.65. The molecule has 0 amide bonds. The van der Waals surface area contributed by atoms with Crippen LogP contribution >= 0.6 is 0 Å². The van der Waals surface area contributed by atoms with Gasteiger partial charge in [-0.05, 0) is 18.2 Å². The molecule has 1 aromatic rings. The molecule has 0 radical (unpaired) electrons. The fourth-order valence-corrected chi connectivity index (χ4v) is 3.22. The molecular formula is C11H6F4O. The number of hydrogen-bond acceptors (Lipinski definition) is 1. The molecule has 1 aromatic carbocycles. The monoisotopic (exact) mass is 230 g/mol. The van der Waals surface area contributed by atoms with Gasteiger partial charge in [0.1, 0.15) is 23.1 Å². The van der Waals surface area contributed by atoms with Crippen molar-refractivity contribution in [2.45, 2.75) is 18.2 Å². The first kappa shape index (κ1) is 8.84. The Morgan fingerprint density at radius 2 is 2.00 bits per heavy atom. The molecule has 1 heterocycles. The Labute approximate surface area is 88.0 Å². The summed E-state index contributed by atoms with van der Waals surface area (Å²) in [5.74, 6) is -1.15. The lowest BCUT2D eigenvalue weighted by molar-refractivity contribution is -0.183. The molecule has 2 fully saturated rings. The number of ether oxygens (including phenoxy) is 1. The van der Waals surface area contributed by atoms with E-state index in [0.29, 0.717) is 11.3 Å². The van der Waals surface area contributed by atoms with Gasteiger partial charge in [-0.15, -0.1) is 0 Å². The Kier molecular flexibility index (Phi) is 1.15. The summed E-state index contributed by atoms with van der Waals surface area (Å²) in [5, 5.41) is 0. The molecule has 0 saturated heterocycles. The third kappa shape index (κ3) is 0.682. The van der Waals surface area contributed by atoms with Crippen LogP contribution in [0.1, 0.15) is 11.5 Å². The number of halogens is 4. The van der Waals surface area contributed by atoms with Crippen LogP contribution in [0.3, 0.4) is 0 Å². The maximum absolute atomic E-state index is 13.0. The fraction of sp³-hybridized carbons (Fsp3) is 0.455. The van der Waals surface area contributed by atoms with E-state index in [9.17, 15) is 17.6 Å². The van der Waals surface area contributed by atoms with Crippen LogP contribution in [0.25, 0.3) is 0 Å². The molecule has 2 saturated carbocycles. The summed E-state index contributed by atoms with van der Waals surface area (Å²) < 4.78 is 56.6. The van der Waals surface area contributed by atoms with Gasteiger partial charge in [0, 0.05) is 17.4 Å². The Morgan fingerprint density at radius 3 is 2.62 bits per heavy atom. The lowest BCUT2D eigenvalue weighted by Crippen LogP contribution is -2.34. The van der Waals surface area contributed by atoms with Crippen molar-refractivity contribution in [1.82, 2.24) is 0 Å². The third-order valence-corrected chi connectivity index (χ3v) is 4.06. The number of hydrogen-bond donors (Lipinski definition) is 0. The van der Waals surface area contributed by atoms with Crippen molar-refractivity contribution in [3.05, 3.63) is 29.6 Å². The topological polar surface area (TPSA) is 9.23 Å². The van der Waals surface area contributed by atoms with Crippen LogP contribution in [0.5, 0.6) is 5.75 Å². The summed E-state index contributed by atoms with van der Waals surface area (Å²) in [7, 11) is 0. The minimum Gasteiger partial charge on any atom is -0.489 e. The minimum atomic E-state index is -4.24. The van der Waals surface area contributed by atoms with Gasteiger partial charge in [0.25, 0.3) is 0 Å². The summed E-state index contributed by atoms with van der Waals surface area (Å²) in [5.41, 5.74) is -1.31. The first-order chi connectivity index (χ1) is 7.48. The highest BCUT2D eigenvalue weighted by molar-refractivity contribution is 5.58. The van der Waals surface area contributed by atoms with E-state index in [1.165, 1.54) is 12.1 Å². The van der Waals surface area contributed by atoms with E-state index in [-0.39, 0.29) is 0 Å². The Morgan fingerprint density at radius 1 is 1.25 bits per heavy atom. The highest BCUT2D eigenvalue weighted by Gasteiger charge is 3.00. The van der Waals surface area contributed by atoms with Crippen LogP contribution in [-0.2, 0) is 0 Å². The molecule has 3 aliphatic rings. The Hall–Kier alpha value is -1.26. The van der Waals surface area contributed by atoms with Crippen molar-refractivity contribution in [1.29, 1.82) is 0 Å². The quantitative estimate of drug-likeness (QED) is 0.623. The minimum absolute atomic E-state index is 0.379. The lowest BCUT2D eigenvalue weighted by Gasteiger charge is -2.29. The second-order valence-corrected chi connectivity index (χ2v) is 4.65. The summed E-state index contributed by atoms with van der Waals surface area (Å²) in [4.78, 5) is 0. The zero-order valence-electron chi connectivity index (χ0n) is 7.88. The van der Waals surface area contributed by atoms with Crippen molar-refractivity contribution in [2.75, 3.05) is 0 Å². The van der Waals surface area contributed by atoms with E-state index < -0.39 is 35.3 Å². The van der Waals surface area contributed by atoms with E-state index in [1.807, 2.05) is 0 Å². The molecular weight excluding hydrogens is 224 g/mol. The Balaban J connectivity index is 1.83. The molecule has 0 bridgehead atoms. The van der Waals surface area contributed by atoms with E-state index in [0.717, 1.165) is 6.07 Å². The van der Waals surface area contributed by atoms with Crippen molar-refractivity contribution >= 4 is 0 Å². The molecule has 4 rings (SSSR count). The average Bonchev–Trinajstić information content (AvgIpc) is 3.02. The third-order valence-electron chi connectivity index (χ3n) is 4.06. The van der Waals surface area contributed by atoms with Gasteiger partial charge in [0.2, 0.25) is 0 Å². The first-order valence-electron chi connectivity index (χ1n) is 5.01. The van der Waals surface area contributed by atoms with Crippen molar-refractivity contribution in [3.63, 3.8) is 0 Å². The zero-order chi connectivity index (χ0) is 11.3. The lowest BCUT2D eigenvalue weighted by atomic mass is 9.91. The van der Waals surface area contributed by atoms with Crippen LogP contribution in [0.15, 0.2) is 18.2 Å². The molecule has 2 aliphatic carbocycles. The van der Waals surface area contributed by atoms with E-state index in [4.69, 9.17) is 4.74 Å². The molecule has 0 aromatic heterocycles. The van der Waals surface area contributed by atoms with Crippen molar-refractivity contribution in [3.8, 4) is 5.75 Å². The van der Waals surface area contributed by atoms with Crippen molar-refractivity contribution in [2.24, 2.45) is 11.3 Å². The van der Waals surface area contributed by atoms with Gasteiger partial charge >= 0.3 is 6.18 Å². The zero-order valence-corrected chi connectivity index (χ0v) is 7.88. The van der Waals surface area contributed by atoms with Gasteiger partial charge in [0.05, 0.1) is 0 Å². The standard InChI is InChI=1S/C11H6F4O/c12-4-1-2-6-5(3-4)7-8-9(16-6)10(7,8)11(13,14)15/h1-3,7-9H/t7-,8-,9?,10+/m0/s1. The summed E-state index contributed by atoms with van der Waals surface area (Å²) in [6.45, 7) is 0. The first-order valence-corrected chi connectivity index (χ1v) is 5.01. The maximum Gasteiger partial charge on any atom is 0.399 e. The summed E-state index contributed by atoms with van der Waals surface area (Å²) in [6, 6.07) is 3.78. The van der Waals surface area contributed by atoms with Gasteiger partial charge in [-0.25, -0.2) is 4.39 Å². The Bertz CT molecular complexity index is 509. The fourth-order valence-electron chi connectivity index (χ4n) is 3.22. The molecule has 4 atom stereocenters. The number of rotatable bonds is 0. The van der Waals surface area contributed by atoms with Crippen LogP contribution in [0.4, 0.5) is 17.6 Å². The second kappa shape index (κ2) is 2.08. The van der Waals surface area contributed by atoms with E-state index >= 15 is 0 Å². The van der Waals surface area contributed by atoms with Crippen molar-refractivity contribution < 1.29 is 22.3 Å². The average molecular weight is 230 g/mol. The molecule has 5 heteroatoms. The molecule has 0 N–H and O–H groups in total. The number of alkyl halides is 3. The van der Waals surface area contributed by atoms with E-state index in [2.05, 4.69) is 0 Å². The molecule has 1 aliphatic heterocycles. The van der Waals surface area contributed by atoms with Gasteiger partial charge < -0.3 is 4.74 Å². The molecule has 1 unspecified atom stereocenters. The molecule has 84 valence electrons. The molecule has 16 heavy (non-hydrogen) atoms. The normalized spacial score (nSPS) is 41.9. The predicted octanol–water partition coefficient (Wildman–Crippen LogP) is 2.86. The summed E-state index contributed by atoms with van der Waals surface area (Å²) in [6.07, 6.45) is -4.97. The molecule has 0 spiro atoms. The van der Waals surface area contributed by atoms with Crippen LogP contribution < -0.4 is 4.74 Å². The van der Waals surface area contributed by atoms with Gasteiger partial charge in [0.15, 0.2) is 0 Å². The van der Waals surface area contributed by atoms with Crippen LogP contribution in [-0.4, -0.2) is 12.3 Å². The SMILES string of the molecule is Fc1ccc2c(c1)[C@H]1[C@H]3C(O2)[C@]31C(F)(F)F. The van der Waals surface area contributed by atoms with E-state index in [1.54, 1.807) is 0 Å². The van der Waals surface area contributed by atoms with Crippen LogP contribution in [0, 0.1) is 17.2 Å². The van der Waals surface area contributed by atoms with Gasteiger partial charge in [-0.2, -0.15) is 13.2 Å². The highest BCUT2D eigenvalue weighted by atomic mass is 19.4. The van der Waals surface area contributed by atoms with Gasteiger partial charge in [-0.1, -0.05) is 0 Å². The predicted molar refractivity (Wildman–Crippen MR) is 45.5 cm³/mol. The largest absolute Gasteiger partial charge is 0.489 e.